The van der Waals surface area contributed by atoms with Gasteiger partial charge in [-0.05, 0) is 6.42 Å². The number of hydrogen-bond donors (Lipinski definition) is 0. The summed E-state index contributed by atoms with van der Waals surface area (Å²) < 4.78 is 20.3. The first-order valence-corrected chi connectivity index (χ1v) is 6.20. The Bertz CT molecular complexity index is 271. The molecule has 0 aliphatic heterocycles. The SMILES string of the molecule is C[C@]1(CS(=O)(=O)Cl)CC1(Cl)Cl. The normalized spacial score (nSPS) is 35.3. The second-order valence-corrected chi connectivity index (χ2v) is 7.39. The Morgan fingerprint density at radius 1 is 1.45 bits per heavy atom. The van der Waals surface area contributed by atoms with Gasteiger partial charge in [0.05, 0.1) is 5.75 Å². The van der Waals surface area contributed by atoms with E-state index >= 15 is 0 Å². The molecule has 0 aromatic carbocycles. The molecule has 1 aliphatic carbocycles. The molecule has 0 aromatic rings. The van der Waals surface area contributed by atoms with Crippen LogP contribution < -0.4 is 0 Å². The predicted octanol–water partition coefficient (Wildman–Crippen LogP) is 2.14. The van der Waals surface area contributed by atoms with E-state index in [1.165, 1.54) is 0 Å². The summed E-state index contributed by atoms with van der Waals surface area (Å²) in [5.41, 5.74) is -0.559. The van der Waals surface area contributed by atoms with Gasteiger partial charge < -0.3 is 0 Å². The maximum atomic E-state index is 10.6. The largest absolute Gasteiger partial charge is 0.233 e. The van der Waals surface area contributed by atoms with Gasteiger partial charge in [0.1, 0.15) is 4.33 Å². The minimum absolute atomic E-state index is 0.158. The summed E-state index contributed by atoms with van der Waals surface area (Å²) in [7, 11) is 1.55. The number of halogens is 3. The smallest absolute Gasteiger partial charge is 0.212 e. The van der Waals surface area contributed by atoms with Crippen molar-refractivity contribution in [2.24, 2.45) is 5.41 Å². The first-order valence-electron chi connectivity index (χ1n) is 2.96. The lowest BCUT2D eigenvalue weighted by molar-refractivity contribution is 0.577. The molecule has 1 saturated carbocycles. The minimum atomic E-state index is -3.49. The Kier molecular flexibility index (Phi) is 2.17. The van der Waals surface area contributed by atoms with Crippen molar-refractivity contribution in [1.82, 2.24) is 0 Å². The summed E-state index contributed by atoms with van der Waals surface area (Å²) in [5, 5.41) is 0. The zero-order valence-electron chi connectivity index (χ0n) is 5.77. The van der Waals surface area contributed by atoms with E-state index in [2.05, 4.69) is 0 Å². The Balaban J connectivity index is 2.68. The molecule has 1 rings (SSSR count). The van der Waals surface area contributed by atoms with E-state index in [1.54, 1.807) is 6.92 Å². The first kappa shape index (κ1) is 9.90. The number of rotatable bonds is 2. The van der Waals surface area contributed by atoms with E-state index in [0.29, 0.717) is 6.42 Å². The van der Waals surface area contributed by atoms with Crippen molar-refractivity contribution in [3.05, 3.63) is 0 Å². The highest BCUT2D eigenvalue weighted by atomic mass is 35.7. The van der Waals surface area contributed by atoms with Crippen LogP contribution in [0.3, 0.4) is 0 Å². The Morgan fingerprint density at radius 3 is 1.91 bits per heavy atom. The number of hydrogen-bond acceptors (Lipinski definition) is 2. The third-order valence-corrected chi connectivity index (χ3v) is 4.35. The highest BCUT2D eigenvalue weighted by Gasteiger charge is 2.64. The van der Waals surface area contributed by atoms with Crippen LogP contribution in [0.4, 0.5) is 0 Å². The van der Waals surface area contributed by atoms with Crippen LogP contribution in [0.15, 0.2) is 0 Å². The molecule has 0 aromatic heterocycles. The van der Waals surface area contributed by atoms with Gasteiger partial charge in [-0.1, -0.05) is 6.92 Å². The van der Waals surface area contributed by atoms with Crippen LogP contribution in [-0.2, 0) is 9.05 Å². The van der Waals surface area contributed by atoms with Crippen LogP contribution in [0, 0.1) is 5.41 Å². The van der Waals surface area contributed by atoms with Gasteiger partial charge in [0, 0.05) is 16.1 Å². The van der Waals surface area contributed by atoms with Crippen LogP contribution in [0.25, 0.3) is 0 Å². The van der Waals surface area contributed by atoms with Crippen LogP contribution in [0.1, 0.15) is 13.3 Å². The molecule has 0 radical (unpaired) electrons. The van der Waals surface area contributed by atoms with E-state index in [9.17, 15) is 8.42 Å². The molecule has 1 aliphatic rings. The lowest BCUT2D eigenvalue weighted by Gasteiger charge is -2.07. The molecule has 1 fully saturated rings. The average molecular weight is 238 g/mol. The average Bonchev–Trinajstić information content (AvgIpc) is 1.96. The van der Waals surface area contributed by atoms with Gasteiger partial charge in [0.2, 0.25) is 9.05 Å². The van der Waals surface area contributed by atoms with Crippen molar-refractivity contribution >= 4 is 42.9 Å². The molecule has 0 saturated heterocycles. The summed E-state index contributed by atoms with van der Waals surface area (Å²) in [4.78, 5) is 0. The Morgan fingerprint density at radius 2 is 1.82 bits per heavy atom. The van der Waals surface area contributed by atoms with E-state index in [1.807, 2.05) is 0 Å². The van der Waals surface area contributed by atoms with Crippen molar-refractivity contribution in [2.75, 3.05) is 5.75 Å². The first-order chi connectivity index (χ1) is 4.66. The highest BCUT2D eigenvalue weighted by molar-refractivity contribution is 8.13. The molecule has 0 heterocycles. The molecule has 0 N–H and O–H groups in total. The van der Waals surface area contributed by atoms with E-state index in [4.69, 9.17) is 33.9 Å². The monoisotopic (exact) mass is 236 g/mol. The van der Waals surface area contributed by atoms with Gasteiger partial charge in [0.25, 0.3) is 0 Å². The standard InChI is InChI=1S/C5H7Cl3O2S/c1-4(2-5(4,6)7)3-11(8,9)10/h2-3H2,1H3/t4-/m1/s1. The zero-order chi connectivity index (χ0) is 8.91. The Labute approximate surface area is 80.2 Å². The molecule has 66 valence electrons. The molecule has 0 unspecified atom stereocenters. The van der Waals surface area contributed by atoms with E-state index < -0.39 is 18.8 Å². The fourth-order valence-electron chi connectivity index (χ4n) is 0.983. The van der Waals surface area contributed by atoms with Crippen LogP contribution in [0.5, 0.6) is 0 Å². The summed E-state index contributed by atoms with van der Waals surface area (Å²) in [5.74, 6) is -0.158. The number of alkyl halides is 2. The molecule has 6 heteroatoms. The maximum Gasteiger partial charge on any atom is 0.233 e. The second kappa shape index (κ2) is 2.41. The Hall–Kier alpha value is 0.820. The molecular formula is C5H7Cl3O2S. The highest BCUT2D eigenvalue weighted by Crippen LogP contribution is 2.64. The molecule has 0 spiro atoms. The van der Waals surface area contributed by atoms with Crippen molar-refractivity contribution in [3.8, 4) is 0 Å². The summed E-state index contributed by atoms with van der Waals surface area (Å²) in [6.45, 7) is 1.70. The molecule has 0 amide bonds. The van der Waals surface area contributed by atoms with Gasteiger partial charge >= 0.3 is 0 Å². The van der Waals surface area contributed by atoms with Crippen molar-refractivity contribution in [3.63, 3.8) is 0 Å². The van der Waals surface area contributed by atoms with E-state index in [-0.39, 0.29) is 5.75 Å². The summed E-state index contributed by atoms with van der Waals surface area (Å²) >= 11 is 11.4. The van der Waals surface area contributed by atoms with Crippen LogP contribution in [-0.4, -0.2) is 18.5 Å². The lowest BCUT2D eigenvalue weighted by Crippen LogP contribution is -2.15. The van der Waals surface area contributed by atoms with Gasteiger partial charge in [-0.2, -0.15) is 0 Å². The fraction of sp³-hybridized carbons (Fsp3) is 1.00. The molecule has 1 atom stereocenters. The molecule has 11 heavy (non-hydrogen) atoms. The topological polar surface area (TPSA) is 34.1 Å². The third kappa shape index (κ3) is 2.14. The minimum Gasteiger partial charge on any atom is -0.212 e. The second-order valence-electron chi connectivity index (χ2n) is 3.13. The van der Waals surface area contributed by atoms with E-state index in [0.717, 1.165) is 0 Å². The molecule has 2 nitrogen and oxygen atoms in total. The fourth-order valence-corrected chi connectivity index (χ4v) is 3.70. The predicted molar refractivity (Wildman–Crippen MR) is 46.8 cm³/mol. The van der Waals surface area contributed by atoms with Crippen molar-refractivity contribution in [2.45, 2.75) is 17.7 Å². The lowest BCUT2D eigenvalue weighted by atomic mass is 10.2. The van der Waals surface area contributed by atoms with Crippen molar-refractivity contribution < 1.29 is 8.42 Å². The summed E-state index contributed by atoms with van der Waals surface area (Å²) in [6.07, 6.45) is 0.481. The summed E-state index contributed by atoms with van der Waals surface area (Å²) in [6, 6.07) is 0. The molecule has 0 bridgehead atoms. The van der Waals surface area contributed by atoms with Gasteiger partial charge in [0.15, 0.2) is 0 Å². The van der Waals surface area contributed by atoms with Crippen molar-refractivity contribution in [1.29, 1.82) is 0 Å². The van der Waals surface area contributed by atoms with Gasteiger partial charge in [-0.3, -0.25) is 0 Å². The maximum absolute atomic E-state index is 10.6. The quantitative estimate of drug-likeness (QED) is 0.545. The molecular weight excluding hydrogens is 230 g/mol. The van der Waals surface area contributed by atoms with Crippen LogP contribution >= 0.6 is 33.9 Å². The van der Waals surface area contributed by atoms with Gasteiger partial charge in [-0.15, -0.1) is 23.2 Å². The third-order valence-electron chi connectivity index (χ3n) is 1.86. The van der Waals surface area contributed by atoms with Gasteiger partial charge in [-0.25, -0.2) is 8.42 Å². The zero-order valence-corrected chi connectivity index (χ0v) is 8.86. The van der Waals surface area contributed by atoms with Crippen LogP contribution in [0.2, 0.25) is 0 Å².